The van der Waals surface area contributed by atoms with Crippen LogP contribution in [0.3, 0.4) is 0 Å². The van der Waals surface area contributed by atoms with Gasteiger partial charge >= 0.3 is 0 Å². The van der Waals surface area contributed by atoms with Crippen molar-refractivity contribution in [2.45, 2.75) is 0 Å². The number of aromatic amines is 1. The molecule has 3 N–H and O–H groups in total. The number of benzene rings is 1. The zero-order valence-electron chi connectivity index (χ0n) is 9.45. The van der Waals surface area contributed by atoms with Crippen molar-refractivity contribution in [2.24, 2.45) is 0 Å². The molecule has 1 heterocycles. The van der Waals surface area contributed by atoms with Crippen molar-refractivity contribution in [3.63, 3.8) is 0 Å². The number of aromatic nitrogens is 2. The van der Waals surface area contributed by atoms with Gasteiger partial charge in [0, 0.05) is 17.2 Å². The zero-order valence-corrected chi connectivity index (χ0v) is 10.2. The molecule has 0 aliphatic carbocycles. The highest BCUT2D eigenvalue weighted by Gasteiger charge is 2.14. The minimum absolute atomic E-state index is 0.458. The van der Waals surface area contributed by atoms with E-state index in [4.69, 9.17) is 26.8 Å². The number of anilines is 1. The summed E-state index contributed by atoms with van der Waals surface area (Å²) in [7, 11) is 3.12. The lowest BCUT2D eigenvalue weighted by Crippen LogP contribution is -1.93. The van der Waals surface area contributed by atoms with E-state index in [0.29, 0.717) is 22.3 Å². The SMILES string of the molecule is COc1cc(Cl)c(-c2cn[nH]c2N)cc1OC. The molecule has 0 radical (unpaired) electrons. The lowest BCUT2D eigenvalue weighted by Gasteiger charge is -2.11. The van der Waals surface area contributed by atoms with Gasteiger partial charge in [-0.25, -0.2) is 0 Å². The third-order valence-corrected chi connectivity index (χ3v) is 2.74. The molecular weight excluding hydrogens is 242 g/mol. The van der Waals surface area contributed by atoms with Crippen molar-refractivity contribution in [3.8, 4) is 22.6 Å². The first kappa shape index (κ1) is 11.6. The lowest BCUT2D eigenvalue weighted by molar-refractivity contribution is 0.355. The molecule has 0 aliphatic heterocycles. The molecule has 0 bridgehead atoms. The van der Waals surface area contributed by atoms with E-state index in [2.05, 4.69) is 10.2 Å². The number of H-pyrrole nitrogens is 1. The number of nitrogen functional groups attached to an aromatic ring is 1. The van der Waals surface area contributed by atoms with Crippen LogP contribution in [0.15, 0.2) is 18.3 Å². The number of rotatable bonds is 3. The summed E-state index contributed by atoms with van der Waals surface area (Å²) in [5, 5.41) is 7.04. The Kier molecular flexibility index (Phi) is 3.10. The van der Waals surface area contributed by atoms with Crippen molar-refractivity contribution >= 4 is 17.4 Å². The molecule has 2 aromatic rings. The molecule has 6 heteroatoms. The average molecular weight is 254 g/mol. The van der Waals surface area contributed by atoms with Crippen LogP contribution in [0.5, 0.6) is 11.5 Å². The van der Waals surface area contributed by atoms with E-state index in [0.717, 1.165) is 11.1 Å². The fourth-order valence-electron chi connectivity index (χ4n) is 1.57. The number of hydrogen-bond acceptors (Lipinski definition) is 4. The molecule has 0 fully saturated rings. The second-order valence-electron chi connectivity index (χ2n) is 3.38. The molecule has 1 aromatic heterocycles. The fraction of sp³-hybridized carbons (Fsp3) is 0.182. The van der Waals surface area contributed by atoms with E-state index in [-0.39, 0.29) is 0 Å². The Bertz CT molecular complexity index is 540. The topological polar surface area (TPSA) is 73.2 Å². The van der Waals surface area contributed by atoms with Gasteiger partial charge in [0.1, 0.15) is 5.82 Å². The molecule has 0 amide bonds. The monoisotopic (exact) mass is 253 g/mol. The first-order valence-corrected chi connectivity index (χ1v) is 5.26. The number of halogens is 1. The highest BCUT2D eigenvalue weighted by atomic mass is 35.5. The molecule has 0 unspecified atom stereocenters. The smallest absolute Gasteiger partial charge is 0.162 e. The van der Waals surface area contributed by atoms with Crippen LogP contribution in [-0.2, 0) is 0 Å². The summed E-state index contributed by atoms with van der Waals surface area (Å²) in [4.78, 5) is 0. The van der Waals surface area contributed by atoms with Crippen molar-refractivity contribution in [1.29, 1.82) is 0 Å². The number of nitrogens with zero attached hydrogens (tertiary/aromatic N) is 1. The highest BCUT2D eigenvalue weighted by molar-refractivity contribution is 6.33. The average Bonchev–Trinajstić information content (AvgIpc) is 2.75. The van der Waals surface area contributed by atoms with Crippen LogP contribution in [0.2, 0.25) is 5.02 Å². The third kappa shape index (κ3) is 2.01. The Morgan fingerprint density at radius 3 is 2.35 bits per heavy atom. The molecule has 0 spiro atoms. The van der Waals surface area contributed by atoms with E-state index in [1.54, 1.807) is 32.5 Å². The van der Waals surface area contributed by atoms with Crippen LogP contribution in [0.25, 0.3) is 11.1 Å². The normalized spacial score (nSPS) is 10.3. The van der Waals surface area contributed by atoms with E-state index in [9.17, 15) is 0 Å². The largest absolute Gasteiger partial charge is 0.493 e. The van der Waals surface area contributed by atoms with Gasteiger partial charge in [-0.15, -0.1) is 0 Å². The van der Waals surface area contributed by atoms with Crippen molar-refractivity contribution in [3.05, 3.63) is 23.4 Å². The summed E-state index contributed by atoms with van der Waals surface area (Å²) in [6.45, 7) is 0. The zero-order chi connectivity index (χ0) is 12.4. The predicted octanol–water partition coefficient (Wildman–Crippen LogP) is 2.33. The Morgan fingerprint density at radius 2 is 1.82 bits per heavy atom. The number of nitrogens with two attached hydrogens (primary N) is 1. The van der Waals surface area contributed by atoms with Gasteiger partial charge in [-0.3, -0.25) is 5.10 Å². The summed E-state index contributed by atoms with van der Waals surface area (Å²) < 4.78 is 10.4. The molecule has 0 saturated heterocycles. The van der Waals surface area contributed by atoms with Crippen LogP contribution in [0, 0.1) is 0 Å². The lowest BCUT2D eigenvalue weighted by atomic mass is 10.1. The molecule has 0 saturated carbocycles. The van der Waals surface area contributed by atoms with E-state index >= 15 is 0 Å². The minimum Gasteiger partial charge on any atom is -0.493 e. The van der Waals surface area contributed by atoms with Gasteiger partial charge in [0.15, 0.2) is 11.5 Å². The van der Waals surface area contributed by atoms with Crippen LogP contribution in [0.1, 0.15) is 0 Å². The first-order valence-electron chi connectivity index (χ1n) is 4.88. The van der Waals surface area contributed by atoms with Crippen molar-refractivity contribution < 1.29 is 9.47 Å². The van der Waals surface area contributed by atoms with Gasteiger partial charge in [-0.1, -0.05) is 11.6 Å². The van der Waals surface area contributed by atoms with E-state index < -0.39 is 0 Å². The Hall–Kier alpha value is -1.88. The molecular formula is C11H12ClN3O2. The minimum atomic E-state index is 0.458. The van der Waals surface area contributed by atoms with Gasteiger partial charge in [0.2, 0.25) is 0 Å². The standard InChI is InChI=1S/C11H12ClN3O2/c1-16-9-3-6(7-5-14-15-11(7)13)8(12)4-10(9)17-2/h3-5H,1-2H3,(H3,13,14,15). The third-order valence-electron chi connectivity index (χ3n) is 2.43. The summed E-state index contributed by atoms with van der Waals surface area (Å²) >= 11 is 6.17. The Balaban J connectivity index is 2.59. The second kappa shape index (κ2) is 4.55. The van der Waals surface area contributed by atoms with Crippen molar-refractivity contribution in [2.75, 3.05) is 20.0 Å². The summed E-state index contributed by atoms with van der Waals surface area (Å²) in [5.74, 6) is 1.62. The molecule has 5 nitrogen and oxygen atoms in total. The van der Waals surface area contributed by atoms with Crippen LogP contribution < -0.4 is 15.2 Å². The summed E-state index contributed by atoms with van der Waals surface area (Å²) in [5.41, 5.74) is 7.23. The van der Waals surface area contributed by atoms with Crippen molar-refractivity contribution in [1.82, 2.24) is 10.2 Å². The number of hydrogen-bond donors (Lipinski definition) is 2. The maximum atomic E-state index is 6.17. The second-order valence-corrected chi connectivity index (χ2v) is 3.79. The number of nitrogens with one attached hydrogen (secondary N) is 1. The van der Waals surface area contributed by atoms with Gasteiger partial charge < -0.3 is 15.2 Å². The van der Waals surface area contributed by atoms with E-state index in [1.165, 1.54) is 0 Å². The molecule has 90 valence electrons. The van der Waals surface area contributed by atoms with Gasteiger partial charge in [-0.05, 0) is 6.07 Å². The molecule has 0 aliphatic rings. The highest BCUT2D eigenvalue weighted by Crippen LogP contribution is 2.39. The van der Waals surface area contributed by atoms with Crippen LogP contribution in [-0.4, -0.2) is 24.4 Å². The van der Waals surface area contributed by atoms with Crippen LogP contribution >= 0.6 is 11.6 Å². The van der Waals surface area contributed by atoms with E-state index in [1.807, 2.05) is 0 Å². The quantitative estimate of drug-likeness (QED) is 0.881. The maximum absolute atomic E-state index is 6.17. The molecule has 2 rings (SSSR count). The number of methoxy groups -OCH3 is 2. The first-order chi connectivity index (χ1) is 8.17. The van der Waals surface area contributed by atoms with Crippen LogP contribution in [0.4, 0.5) is 5.82 Å². The molecule has 0 atom stereocenters. The summed E-state index contributed by atoms with van der Waals surface area (Å²) in [6, 6.07) is 3.45. The predicted molar refractivity (Wildman–Crippen MR) is 66.6 cm³/mol. The van der Waals surface area contributed by atoms with Gasteiger partial charge in [0.05, 0.1) is 25.4 Å². The fourth-order valence-corrected chi connectivity index (χ4v) is 1.83. The molecule has 1 aromatic carbocycles. The number of ether oxygens (including phenoxy) is 2. The van der Waals surface area contributed by atoms with Gasteiger partial charge in [-0.2, -0.15) is 5.10 Å². The van der Waals surface area contributed by atoms with Gasteiger partial charge in [0.25, 0.3) is 0 Å². The maximum Gasteiger partial charge on any atom is 0.162 e. The Labute approximate surface area is 103 Å². The summed E-state index contributed by atoms with van der Waals surface area (Å²) in [6.07, 6.45) is 1.61. The molecule has 17 heavy (non-hydrogen) atoms. The Morgan fingerprint density at radius 1 is 1.18 bits per heavy atom.